The summed E-state index contributed by atoms with van der Waals surface area (Å²) in [6, 6.07) is 15.6. The molecule has 0 spiro atoms. The number of aliphatic carboxylic acids is 2. The maximum absolute atomic E-state index is 13.0. The molecule has 2 aromatic carbocycles. The highest BCUT2D eigenvalue weighted by Gasteiger charge is 2.22. The lowest BCUT2D eigenvalue weighted by Gasteiger charge is -2.34. The molecule has 0 radical (unpaired) electrons. The number of imidazole rings is 1. The first-order valence-corrected chi connectivity index (χ1v) is 14.1. The largest absolute Gasteiger partial charge is 0.496 e. The molecule has 0 bridgehead atoms. The molecule has 3 aromatic rings. The molecule has 230 valence electrons. The zero-order chi connectivity index (χ0) is 31.4. The number of carboxylic acid groups (broad SMARTS) is 2. The lowest BCUT2D eigenvalue weighted by molar-refractivity contribution is -0.134. The average molecular weight is 594 g/mol. The second-order valence-electron chi connectivity index (χ2n) is 10.3. The van der Waals surface area contributed by atoms with Crippen LogP contribution in [0, 0.1) is 0 Å². The van der Waals surface area contributed by atoms with Gasteiger partial charge in [0.15, 0.2) is 5.78 Å². The van der Waals surface area contributed by atoms with Gasteiger partial charge in [-0.2, -0.15) is 0 Å². The fourth-order valence-electron chi connectivity index (χ4n) is 4.74. The number of carbonyl (C=O) groups excluding carboxylic acids is 2. The quantitative estimate of drug-likeness (QED) is 0.211. The first-order valence-electron chi connectivity index (χ1n) is 14.1. The van der Waals surface area contributed by atoms with E-state index in [0.29, 0.717) is 49.5 Å². The van der Waals surface area contributed by atoms with E-state index in [0.717, 1.165) is 43.0 Å². The molecule has 0 unspecified atom stereocenters. The molecule has 0 aliphatic carbocycles. The van der Waals surface area contributed by atoms with E-state index in [1.807, 2.05) is 56.3 Å². The molecular weight excluding hydrogens is 554 g/mol. The number of carbonyl (C=O) groups is 4. The van der Waals surface area contributed by atoms with Gasteiger partial charge in [-0.3, -0.25) is 19.4 Å². The van der Waals surface area contributed by atoms with Gasteiger partial charge in [-0.15, -0.1) is 0 Å². The van der Waals surface area contributed by atoms with Gasteiger partial charge >= 0.3 is 11.9 Å². The van der Waals surface area contributed by atoms with E-state index in [-0.39, 0.29) is 17.7 Å². The number of methoxy groups -OCH3 is 1. The molecule has 0 atom stereocenters. The second-order valence-corrected chi connectivity index (χ2v) is 10.3. The number of aryl methyl sites for hydroxylation is 1. The SMILES string of the molecule is COc1ccccc1C(=O)CCn1c(CN2CCN(CC(=O)NC(C)C)CC2)nc2ccccc21.O=C(O)/C=C\C(=O)O. The van der Waals surface area contributed by atoms with Gasteiger partial charge in [0.1, 0.15) is 11.6 Å². The predicted octanol–water partition coefficient (Wildman–Crippen LogP) is 2.67. The number of hydrogen-bond acceptors (Lipinski definition) is 8. The van der Waals surface area contributed by atoms with Crippen LogP contribution in [-0.4, -0.2) is 99.1 Å². The van der Waals surface area contributed by atoms with Gasteiger partial charge in [-0.25, -0.2) is 14.6 Å². The topological polar surface area (TPSA) is 154 Å². The Morgan fingerprint density at radius 1 is 0.930 bits per heavy atom. The first-order chi connectivity index (χ1) is 20.6. The number of fused-ring (bicyclic) bond motifs is 1. The van der Waals surface area contributed by atoms with Crippen LogP contribution in [0.5, 0.6) is 5.75 Å². The summed E-state index contributed by atoms with van der Waals surface area (Å²) in [6.45, 7) is 9.10. The average Bonchev–Trinajstić information content (AvgIpc) is 3.32. The molecule has 1 fully saturated rings. The van der Waals surface area contributed by atoms with Crippen molar-refractivity contribution in [1.29, 1.82) is 0 Å². The summed E-state index contributed by atoms with van der Waals surface area (Å²) in [5, 5.41) is 18.6. The summed E-state index contributed by atoms with van der Waals surface area (Å²) in [4.78, 5) is 53.7. The van der Waals surface area contributed by atoms with Gasteiger partial charge in [-0.05, 0) is 38.1 Å². The van der Waals surface area contributed by atoms with Crippen molar-refractivity contribution in [2.75, 3.05) is 39.8 Å². The lowest BCUT2D eigenvalue weighted by Crippen LogP contribution is -2.49. The minimum Gasteiger partial charge on any atom is -0.496 e. The van der Waals surface area contributed by atoms with Crippen LogP contribution in [0.2, 0.25) is 0 Å². The van der Waals surface area contributed by atoms with Gasteiger partial charge in [0.05, 0.1) is 36.8 Å². The number of amides is 1. The molecule has 0 saturated carbocycles. The van der Waals surface area contributed by atoms with Crippen molar-refractivity contribution < 1.29 is 34.1 Å². The number of nitrogens with one attached hydrogen (secondary N) is 1. The summed E-state index contributed by atoms with van der Waals surface area (Å²) in [6.07, 6.45) is 1.48. The van der Waals surface area contributed by atoms with E-state index in [9.17, 15) is 19.2 Å². The fraction of sp³-hybridized carbons (Fsp3) is 0.387. The number of nitrogens with zero attached hydrogens (tertiary/aromatic N) is 4. The molecule has 12 heteroatoms. The Hall–Kier alpha value is -4.55. The monoisotopic (exact) mass is 593 g/mol. The van der Waals surface area contributed by atoms with Crippen LogP contribution in [0.15, 0.2) is 60.7 Å². The Morgan fingerprint density at radius 3 is 2.16 bits per heavy atom. The molecule has 1 aliphatic rings. The molecule has 12 nitrogen and oxygen atoms in total. The highest BCUT2D eigenvalue weighted by Crippen LogP contribution is 2.22. The van der Waals surface area contributed by atoms with Crippen molar-refractivity contribution in [3.05, 3.63) is 72.1 Å². The summed E-state index contributed by atoms with van der Waals surface area (Å²) in [5.74, 6) is -0.813. The Kier molecular flexibility index (Phi) is 12.4. The molecule has 3 N–H and O–H groups in total. The molecule has 1 aliphatic heterocycles. The number of benzene rings is 2. The van der Waals surface area contributed by atoms with Gasteiger partial charge in [0, 0.05) is 57.3 Å². The van der Waals surface area contributed by atoms with E-state index < -0.39 is 11.9 Å². The van der Waals surface area contributed by atoms with Crippen LogP contribution in [0.3, 0.4) is 0 Å². The van der Waals surface area contributed by atoms with Gasteiger partial charge in [-0.1, -0.05) is 24.3 Å². The maximum atomic E-state index is 13.0. The van der Waals surface area contributed by atoms with Crippen LogP contribution >= 0.6 is 0 Å². The third-order valence-electron chi connectivity index (χ3n) is 6.72. The number of ether oxygens (including phenoxy) is 1. The van der Waals surface area contributed by atoms with Crippen molar-refractivity contribution in [2.24, 2.45) is 0 Å². The number of aromatic nitrogens is 2. The van der Waals surface area contributed by atoms with Crippen molar-refractivity contribution in [3.8, 4) is 5.75 Å². The zero-order valence-corrected chi connectivity index (χ0v) is 24.7. The van der Waals surface area contributed by atoms with Crippen molar-refractivity contribution in [3.63, 3.8) is 0 Å². The predicted molar refractivity (Wildman–Crippen MR) is 161 cm³/mol. The summed E-state index contributed by atoms with van der Waals surface area (Å²) < 4.78 is 7.55. The Balaban J connectivity index is 0.000000557. The molecule has 4 rings (SSSR count). The third-order valence-corrected chi connectivity index (χ3v) is 6.72. The smallest absolute Gasteiger partial charge is 0.328 e. The summed E-state index contributed by atoms with van der Waals surface area (Å²) >= 11 is 0. The first kappa shape index (κ1) is 33.0. The summed E-state index contributed by atoms with van der Waals surface area (Å²) in [7, 11) is 1.59. The van der Waals surface area contributed by atoms with E-state index in [1.54, 1.807) is 7.11 Å². The van der Waals surface area contributed by atoms with Crippen molar-refractivity contribution in [2.45, 2.75) is 39.4 Å². The highest BCUT2D eigenvalue weighted by molar-refractivity contribution is 5.98. The van der Waals surface area contributed by atoms with Crippen LogP contribution < -0.4 is 10.1 Å². The second kappa shape index (κ2) is 16.2. The van der Waals surface area contributed by atoms with E-state index in [2.05, 4.69) is 25.8 Å². The van der Waals surface area contributed by atoms with Crippen LogP contribution in [0.25, 0.3) is 11.0 Å². The van der Waals surface area contributed by atoms with Crippen LogP contribution in [0.1, 0.15) is 36.5 Å². The number of ketones is 1. The van der Waals surface area contributed by atoms with E-state index >= 15 is 0 Å². The molecule has 43 heavy (non-hydrogen) atoms. The number of Topliss-reactive ketones (excluding diaryl/α,β-unsaturated/α-hetero) is 1. The molecule has 1 saturated heterocycles. The minimum atomic E-state index is -1.26. The number of piperazine rings is 1. The minimum absolute atomic E-state index is 0.0551. The van der Waals surface area contributed by atoms with E-state index in [4.69, 9.17) is 19.9 Å². The highest BCUT2D eigenvalue weighted by atomic mass is 16.5. The zero-order valence-electron chi connectivity index (χ0n) is 24.7. The van der Waals surface area contributed by atoms with E-state index in [1.165, 1.54) is 0 Å². The van der Waals surface area contributed by atoms with Gasteiger partial charge in [0.25, 0.3) is 0 Å². The Morgan fingerprint density at radius 2 is 1.53 bits per heavy atom. The van der Waals surface area contributed by atoms with Crippen LogP contribution in [-0.2, 0) is 27.5 Å². The van der Waals surface area contributed by atoms with Crippen molar-refractivity contribution in [1.82, 2.24) is 24.7 Å². The number of carboxylic acids is 2. The van der Waals surface area contributed by atoms with Gasteiger partial charge in [0.2, 0.25) is 5.91 Å². The summed E-state index contributed by atoms with van der Waals surface area (Å²) in [5.41, 5.74) is 2.59. The number of rotatable bonds is 12. The molecule has 1 amide bonds. The molecule has 2 heterocycles. The normalized spacial score (nSPS) is 14.0. The fourth-order valence-corrected chi connectivity index (χ4v) is 4.74. The third kappa shape index (κ3) is 10.3. The molecular formula is C31H39N5O7. The van der Waals surface area contributed by atoms with Crippen molar-refractivity contribution >= 4 is 34.7 Å². The Bertz CT molecular complexity index is 1430. The number of para-hydroxylation sites is 3. The lowest BCUT2D eigenvalue weighted by atomic mass is 10.1. The standard InChI is InChI=1S/C27H35N5O3.C4H4O4/c1-20(2)28-27(34)19-31-16-14-30(15-17-31)18-26-29-22-9-5-6-10-23(22)32(26)13-12-24(33)21-8-4-7-11-25(21)35-3;5-3(6)1-2-4(7)8/h4-11,20H,12-19H2,1-3H3,(H,28,34);1-2H,(H,5,6)(H,7,8)/b;2-1-. The van der Waals surface area contributed by atoms with Gasteiger partial charge < -0.3 is 24.8 Å². The van der Waals surface area contributed by atoms with Crippen LogP contribution in [0.4, 0.5) is 0 Å². The number of hydrogen-bond donors (Lipinski definition) is 3. The Labute approximate surface area is 250 Å². The molecule has 1 aromatic heterocycles. The maximum Gasteiger partial charge on any atom is 0.328 e.